The first-order valence-electron chi connectivity index (χ1n) is 5.65. The summed E-state index contributed by atoms with van der Waals surface area (Å²) in [5.74, 6) is 0.753. The van der Waals surface area contributed by atoms with E-state index in [0.717, 1.165) is 22.6 Å². The van der Waals surface area contributed by atoms with Crippen molar-refractivity contribution < 1.29 is 0 Å². The van der Waals surface area contributed by atoms with Gasteiger partial charge in [0.15, 0.2) is 0 Å². The van der Waals surface area contributed by atoms with Crippen molar-refractivity contribution in [2.75, 3.05) is 17.7 Å². The molecule has 0 amide bonds. The lowest BCUT2D eigenvalue weighted by molar-refractivity contribution is 0.368. The molecule has 0 unspecified atom stereocenters. The van der Waals surface area contributed by atoms with Crippen molar-refractivity contribution in [2.45, 2.75) is 25.7 Å². The number of anilines is 1. The minimum Gasteiger partial charge on any atom is -0.383 e. The van der Waals surface area contributed by atoms with Gasteiger partial charge in [0.05, 0.1) is 10.2 Å². The van der Waals surface area contributed by atoms with Crippen LogP contribution < -0.4 is 5.32 Å². The van der Waals surface area contributed by atoms with Crippen molar-refractivity contribution in [1.82, 2.24) is 4.98 Å². The van der Waals surface area contributed by atoms with Gasteiger partial charge in [0.2, 0.25) is 0 Å². The lowest BCUT2D eigenvalue weighted by Gasteiger charge is -2.27. The number of nitrogens with zero attached hydrogens (tertiary/aromatic N) is 1. The zero-order valence-electron chi connectivity index (χ0n) is 9.18. The molecule has 1 aliphatic carbocycles. The maximum atomic E-state index is 6.11. The van der Waals surface area contributed by atoms with Crippen LogP contribution in [0, 0.1) is 5.41 Å². The minimum atomic E-state index is 0.296. The average molecular weight is 304 g/mol. The molecule has 1 aromatic heterocycles. The van der Waals surface area contributed by atoms with Crippen molar-refractivity contribution >= 4 is 33.2 Å². The minimum absolute atomic E-state index is 0.296. The second kappa shape index (κ2) is 5.37. The summed E-state index contributed by atoms with van der Waals surface area (Å²) in [6, 6.07) is 1.99. The standard InChI is InChI=1S/C12H16BrClN2/c13-10-7-15-6-3-11(10)16-9-12(8-14)4-1-2-5-12/h3,6-7H,1-2,4-5,8-9H2,(H,15,16). The Balaban J connectivity index is 1.98. The molecule has 16 heavy (non-hydrogen) atoms. The van der Waals surface area contributed by atoms with Gasteiger partial charge in [0, 0.05) is 30.2 Å². The third kappa shape index (κ3) is 2.69. The van der Waals surface area contributed by atoms with Gasteiger partial charge >= 0.3 is 0 Å². The van der Waals surface area contributed by atoms with Crippen molar-refractivity contribution in [2.24, 2.45) is 5.41 Å². The fourth-order valence-corrected chi connectivity index (χ4v) is 3.04. The molecule has 0 aromatic carbocycles. The molecule has 1 heterocycles. The first-order valence-corrected chi connectivity index (χ1v) is 6.98. The van der Waals surface area contributed by atoms with Gasteiger partial charge in [-0.3, -0.25) is 4.98 Å². The molecule has 0 saturated heterocycles. The largest absolute Gasteiger partial charge is 0.383 e. The molecule has 0 atom stereocenters. The number of aromatic nitrogens is 1. The lowest BCUT2D eigenvalue weighted by atomic mass is 9.88. The van der Waals surface area contributed by atoms with Crippen LogP contribution in [0.3, 0.4) is 0 Å². The first-order chi connectivity index (χ1) is 7.76. The van der Waals surface area contributed by atoms with Crippen LogP contribution in [0.25, 0.3) is 0 Å². The van der Waals surface area contributed by atoms with Crippen molar-refractivity contribution in [3.05, 3.63) is 22.9 Å². The zero-order valence-corrected chi connectivity index (χ0v) is 11.5. The maximum Gasteiger partial charge on any atom is 0.0590 e. The SMILES string of the molecule is ClCC1(CNc2ccncc2Br)CCCC1. The maximum absolute atomic E-state index is 6.11. The molecule has 1 fully saturated rings. The number of halogens is 2. The highest BCUT2D eigenvalue weighted by molar-refractivity contribution is 9.10. The van der Waals surface area contributed by atoms with Crippen molar-refractivity contribution in [3.63, 3.8) is 0 Å². The molecule has 0 bridgehead atoms. The number of hydrogen-bond acceptors (Lipinski definition) is 2. The van der Waals surface area contributed by atoms with E-state index < -0.39 is 0 Å². The quantitative estimate of drug-likeness (QED) is 0.849. The number of rotatable bonds is 4. The predicted octanol–water partition coefficient (Wildman–Crippen LogP) is 4.06. The molecule has 2 rings (SSSR count). The van der Waals surface area contributed by atoms with E-state index >= 15 is 0 Å². The van der Waals surface area contributed by atoms with E-state index in [4.69, 9.17) is 11.6 Å². The van der Waals surface area contributed by atoms with E-state index in [9.17, 15) is 0 Å². The Morgan fingerprint density at radius 2 is 2.19 bits per heavy atom. The summed E-state index contributed by atoms with van der Waals surface area (Å²) in [4.78, 5) is 4.05. The molecule has 1 saturated carbocycles. The molecule has 1 N–H and O–H groups in total. The van der Waals surface area contributed by atoms with Gasteiger partial charge in [-0.1, -0.05) is 12.8 Å². The fourth-order valence-electron chi connectivity index (χ4n) is 2.28. The third-order valence-electron chi connectivity index (χ3n) is 3.37. The molecular formula is C12H16BrClN2. The van der Waals surface area contributed by atoms with Crippen LogP contribution in [0.1, 0.15) is 25.7 Å². The summed E-state index contributed by atoms with van der Waals surface area (Å²) < 4.78 is 1.01. The van der Waals surface area contributed by atoms with Gasteiger partial charge in [-0.2, -0.15) is 0 Å². The highest BCUT2D eigenvalue weighted by Gasteiger charge is 2.32. The molecule has 1 aliphatic rings. The Bertz CT molecular complexity index is 351. The fraction of sp³-hybridized carbons (Fsp3) is 0.583. The van der Waals surface area contributed by atoms with E-state index in [0.29, 0.717) is 5.41 Å². The summed E-state index contributed by atoms with van der Waals surface area (Å²) in [5, 5.41) is 3.48. The summed E-state index contributed by atoms with van der Waals surface area (Å²) >= 11 is 9.59. The molecule has 0 spiro atoms. The Morgan fingerprint density at radius 1 is 1.44 bits per heavy atom. The van der Waals surface area contributed by atoms with Gasteiger partial charge < -0.3 is 5.32 Å². The van der Waals surface area contributed by atoms with E-state index in [2.05, 4.69) is 26.2 Å². The van der Waals surface area contributed by atoms with Crippen LogP contribution in [0.5, 0.6) is 0 Å². The van der Waals surface area contributed by atoms with Crippen molar-refractivity contribution in [3.8, 4) is 0 Å². The van der Waals surface area contributed by atoms with E-state index in [1.807, 2.05) is 12.3 Å². The van der Waals surface area contributed by atoms with E-state index in [1.165, 1.54) is 25.7 Å². The van der Waals surface area contributed by atoms with Gasteiger partial charge in [0.25, 0.3) is 0 Å². The monoisotopic (exact) mass is 302 g/mol. The molecule has 1 aromatic rings. The molecule has 4 heteroatoms. The van der Waals surface area contributed by atoms with Crippen LogP contribution in [-0.2, 0) is 0 Å². The smallest absolute Gasteiger partial charge is 0.0590 e. The molecule has 88 valence electrons. The van der Waals surface area contributed by atoms with Crippen LogP contribution >= 0.6 is 27.5 Å². The molecule has 2 nitrogen and oxygen atoms in total. The van der Waals surface area contributed by atoms with Gasteiger partial charge in [-0.05, 0) is 34.8 Å². The Kier molecular flexibility index (Phi) is 4.09. The van der Waals surface area contributed by atoms with Crippen LogP contribution in [0.15, 0.2) is 22.9 Å². The van der Waals surface area contributed by atoms with E-state index in [-0.39, 0.29) is 0 Å². The second-order valence-corrected chi connectivity index (χ2v) is 5.67. The summed E-state index contributed by atoms with van der Waals surface area (Å²) in [7, 11) is 0. The van der Waals surface area contributed by atoms with Gasteiger partial charge in [-0.15, -0.1) is 11.6 Å². The van der Waals surface area contributed by atoms with E-state index in [1.54, 1.807) is 6.20 Å². The Morgan fingerprint density at radius 3 is 2.81 bits per heavy atom. The third-order valence-corrected chi connectivity index (χ3v) is 4.57. The molecular weight excluding hydrogens is 288 g/mol. The van der Waals surface area contributed by atoms with Gasteiger partial charge in [0.1, 0.15) is 0 Å². The highest BCUT2D eigenvalue weighted by Crippen LogP contribution is 2.39. The summed E-state index contributed by atoms with van der Waals surface area (Å²) in [6.07, 6.45) is 8.72. The first kappa shape index (κ1) is 12.2. The topological polar surface area (TPSA) is 24.9 Å². The number of hydrogen-bond donors (Lipinski definition) is 1. The number of pyridine rings is 1. The predicted molar refractivity (Wildman–Crippen MR) is 72.0 cm³/mol. The van der Waals surface area contributed by atoms with Crippen molar-refractivity contribution in [1.29, 1.82) is 0 Å². The molecule has 0 radical (unpaired) electrons. The summed E-state index contributed by atoms with van der Waals surface area (Å²) in [6.45, 7) is 0.957. The lowest BCUT2D eigenvalue weighted by Crippen LogP contribution is -2.28. The van der Waals surface area contributed by atoms with Crippen LogP contribution in [0.2, 0.25) is 0 Å². The van der Waals surface area contributed by atoms with Crippen LogP contribution in [0.4, 0.5) is 5.69 Å². The average Bonchev–Trinajstić information content (AvgIpc) is 2.78. The summed E-state index contributed by atoms with van der Waals surface area (Å²) in [5.41, 5.74) is 1.40. The molecule has 0 aliphatic heterocycles. The zero-order chi connectivity index (χ0) is 11.4. The normalized spacial score (nSPS) is 18.6. The number of alkyl halides is 1. The van der Waals surface area contributed by atoms with Crippen LogP contribution in [-0.4, -0.2) is 17.4 Å². The second-order valence-electron chi connectivity index (χ2n) is 4.55. The Labute approximate surface area is 110 Å². The Hall–Kier alpha value is -0.280. The number of nitrogens with one attached hydrogen (secondary N) is 1. The highest BCUT2D eigenvalue weighted by atomic mass is 79.9. The van der Waals surface area contributed by atoms with Gasteiger partial charge in [-0.25, -0.2) is 0 Å².